The first-order valence-corrected chi connectivity index (χ1v) is 11.2. The van der Waals surface area contributed by atoms with E-state index >= 15 is 0 Å². The molecular formula is C25H29N3O5. The van der Waals surface area contributed by atoms with Gasteiger partial charge in [-0.15, -0.1) is 0 Å². The molecule has 4 rings (SSSR count). The minimum Gasteiger partial charge on any atom is -0.508 e. The van der Waals surface area contributed by atoms with E-state index in [1.807, 2.05) is 38.1 Å². The van der Waals surface area contributed by atoms with Crippen LogP contribution in [0, 0.1) is 0 Å². The van der Waals surface area contributed by atoms with Crippen LogP contribution in [0.3, 0.4) is 0 Å². The molecule has 3 aromatic rings. The summed E-state index contributed by atoms with van der Waals surface area (Å²) in [5.41, 5.74) is 3.69. The number of phenols is 2. The molecule has 8 heteroatoms. The van der Waals surface area contributed by atoms with Crippen molar-refractivity contribution < 1.29 is 24.3 Å². The average molecular weight is 452 g/mol. The molecule has 174 valence electrons. The van der Waals surface area contributed by atoms with Crippen LogP contribution in [0.5, 0.6) is 11.5 Å². The molecule has 1 aromatic heterocycles. The van der Waals surface area contributed by atoms with Crippen molar-refractivity contribution in [3.05, 3.63) is 53.2 Å². The van der Waals surface area contributed by atoms with Gasteiger partial charge in [0.25, 0.3) is 5.91 Å². The Hall–Kier alpha value is -3.36. The molecule has 1 aliphatic heterocycles. The predicted molar refractivity (Wildman–Crippen MR) is 124 cm³/mol. The second-order valence-corrected chi connectivity index (χ2v) is 8.03. The van der Waals surface area contributed by atoms with Crippen LogP contribution < -0.4 is 5.32 Å². The summed E-state index contributed by atoms with van der Waals surface area (Å²) in [4.78, 5) is 15.1. The topological polar surface area (TPSA) is 108 Å². The Kier molecular flexibility index (Phi) is 6.96. The second kappa shape index (κ2) is 10.1. The Morgan fingerprint density at radius 1 is 1.09 bits per heavy atom. The van der Waals surface area contributed by atoms with E-state index in [0.717, 1.165) is 44.0 Å². The number of carbonyl (C=O) groups is 1. The van der Waals surface area contributed by atoms with E-state index < -0.39 is 0 Å². The zero-order valence-corrected chi connectivity index (χ0v) is 18.9. The van der Waals surface area contributed by atoms with Gasteiger partial charge in [0, 0.05) is 32.2 Å². The molecule has 33 heavy (non-hydrogen) atoms. The van der Waals surface area contributed by atoms with E-state index in [1.165, 1.54) is 6.07 Å². The Balaban J connectivity index is 1.77. The summed E-state index contributed by atoms with van der Waals surface area (Å²) in [7, 11) is 0. The molecule has 2 aromatic carbocycles. The first-order chi connectivity index (χ1) is 16.0. The summed E-state index contributed by atoms with van der Waals surface area (Å²) in [6.07, 6.45) is 0.548. The van der Waals surface area contributed by atoms with Gasteiger partial charge in [-0.3, -0.25) is 9.69 Å². The van der Waals surface area contributed by atoms with Gasteiger partial charge >= 0.3 is 0 Å². The van der Waals surface area contributed by atoms with Crippen molar-refractivity contribution in [1.29, 1.82) is 0 Å². The van der Waals surface area contributed by atoms with Crippen molar-refractivity contribution in [3.8, 4) is 33.9 Å². The maximum atomic E-state index is 12.8. The van der Waals surface area contributed by atoms with Gasteiger partial charge in [-0.05, 0) is 36.1 Å². The van der Waals surface area contributed by atoms with Crippen LogP contribution in [0.2, 0.25) is 0 Å². The van der Waals surface area contributed by atoms with Crippen LogP contribution in [0.1, 0.15) is 35.5 Å². The fourth-order valence-electron chi connectivity index (χ4n) is 4.13. The number of ether oxygens (including phenoxy) is 1. The molecule has 0 aliphatic carbocycles. The number of morpholine rings is 1. The van der Waals surface area contributed by atoms with Crippen LogP contribution in [0.4, 0.5) is 0 Å². The number of hydrogen-bond donors (Lipinski definition) is 3. The number of nitrogens with zero attached hydrogens (tertiary/aromatic N) is 2. The molecule has 3 N–H and O–H groups in total. The van der Waals surface area contributed by atoms with Crippen LogP contribution in [0.25, 0.3) is 22.5 Å². The summed E-state index contributed by atoms with van der Waals surface area (Å²) >= 11 is 0. The fraction of sp³-hybridized carbons (Fsp3) is 0.360. The summed E-state index contributed by atoms with van der Waals surface area (Å²) in [5.74, 6) is -0.219. The first kappa shape index (κ1) is 22.8. The Morgan fingerprint density at radius 2 is 1.82 bits per heavy atom. The van der Waals surface area contributed by atoms with Gasteiger partial charge in [-0.1, -0.05) is 36.3 Å². The maximum Gasteiger partial charge on any atom is 0.274 e. The normalized spacial score (nSPS) is 14.4. The summed E-state index contributed by atoms with van der Waals surface area (Å²) in [6.45, 7) is 8.31. The highest BCUT2D eigenvalue weighted by Gasteiger charge is 2.27. The van der Waals surface area contributed by atoms with E-state index in [0.29, 0.717) is 35.4 Å². The van der Waals surface area contributed by atoms with Crippen molar-refractivity contribution in [1.82, 2.24) is 15.4 Å². The third-order valence-electron chi connectivity index (χ3n) is 5.79. The van der Waals surface area contributed by atoms with Crippen LogP contribution in [0.15, 0.2) is 40.9 Å². The molecule has 1 aliphatic rings. The smallest absolute Gasteiger partial charge is 0.274 e. The largest absolute Gasteiger partial charge is 0.508 e. The van der Waals surface area contributed by atoms with Crippen LogP contribution >= 0.6 is 0 Å². The molecule has 0 saturated carbocycles. The quantitative estimate of drug-likeness (QED) is 0.504. The number of rotatable bonds is 7. The number of aromatic hydroxyl groups is 2. The predicted octanol–water partition coefficient (Wildman–Crippen LogP) is 3.56. The highest BCUT2D eigenvalue weighted by molar-refractivity contribution is 6.02. The highest BCUT2D eigenvalue weighted by atomic mass is 16.5. The SMILES string of the molecule is CCNC(=O)c1noc(-c2c(O)cc(O)cc2CC)c1-c1ccc(CN2CCOCC2)cc1. The first-order valence-electron chi connectivity index (χ1n) is 11.2. The standard InChI is InChI=1S/C25H29N3O5/c1-3-17-13-19(29)14-20(30)21(17)24-22(23(27-33-24)25(31)26-4-2)18-7-5-16(6-8-18)15-28-9-11-32-12-10-28/h5-8,13-14,29-30H,3-4,9-12,15H2,1-2H3,(H,26,31). The number of nitrogens with one attached hydrogen (secondary N) is 1. The summed E-state index contributed by atoms with van der Waals surface area (Å²) in [5, 5.41) is 27.4. The fourth-order valence-corrected chi connectivity index (χ4v) is 4.13. The molecular weight excluding hydrogens is 422 g/mol. The van der Waals surface area contributed by atoms with Crippen molar-refractivity contribution >= 4 is 5.91 Å². The van der Waals surface area contributed by atoms with Gasteiger partial charge in [-0.25, -0.2) is 0 Å². The molecule has 0 radical (unpaired) electrons. The van der Waals surface area contributed by atoms with Gasteiger partial charge in [-0.2, -0.15) is 0 Å². The number of carbonyl (C=O) groups excluding carboxylic acids is 1. The second-order valence-electron chi connectivity index (χ2n) is 8.03. The van der Waals surface area contributed by atoms with Gasteiger partial charge in [0.05, 0.1) is 24.3 Å². The Morgan fingerprint density at radius 3 is 2.48 bits per heavy atom. The Bertz CT molecular complexity index is 1120. The van der Waals surface area contributed by atoms with Crippen molar-refractivity contribution in [2.45, 2.75) is 26.8 Å². The number of aromatic nitrogens is 1. The molecule has 1 saturated heterocycles. The minimum absolute atomic E-state index is 0.0365. The zero-order valence-electron chi connectivity index (χ0n) is 18.9. The molecule has 8 nitrogen and oxygen atoms in total. The highest BCUT2D eigenvalue weighted by Crippen LogP contribution is 2.43. The molecule has 0 bridgehead atoms. The van der Waals surface area contributed by atoms with E-state index in [9.17, 15) is 15.0 Å². The van der Waals surface area contributed by atoms with Crippen LogP contribution in [-0.4, -0.2) is 59.0 Å². The summed E-state index contributed by atoms with van der Waals surface area (Å²) in [6, 6.07) is 10.8. The number of phenolic OH excluding ortho intramolecular Hbond substituents is 2. The third-order valence-corrected chi connectivity index (χ3v) is 5.79. The third kappa shape index (κ3) is 4.86. The minimum atomic E-state index is -0.351. The molecule has 1 fully saturated rings. The number of hydrogen-bond acceptors (Lipinski definition) is 7. The number of benzene rings is 2. The molecule has 0 spiro atoms. The van der Waals surface area contributed by atoms with Crippen molar-refractivity contribution in [2.75, 3.05) is 32.8 Å². The average Bonchev–Trinajstić information content (AvgIpc) is 3.24. The molecule has 2 heterocycles. The van der Waals surface area contributed by atoms with E-state index in [4.69, 9.17) is 9.26 Å². The van der Waals surface area contributed by atoms with Gasteiger partial charge in [0.1, 0.15) is 11.5 Å². The molecule has 0 unspecified atom stereocenters. The number of aryl methyl sites for hydroxylation is 1. The monoisotopic (exact) mass is 451 g/mol. The van der Waals surface area contributed by atoms with Gasteiger partial charge in [0.15, 0.2) is 11.5 Å². The molecule has 1 amide bonds. The summed E-state index contributed by atoms with van der Waals surface area (Å²) < 4.78 is 11.1. The van der Waals surface area contributed by atoms with Crippen molar-refractivity contribution in [3.63, 3.8) is 0 Å². The lowest BCUT2D eigenvalue weighted by atomic mass is 9.94. The van der Waals surface area contributed by atoms with E-state index in [-0.39, 0.29) is 23.1 Å². The van der Waals surface area contributed by atoms with Crippen molar-refractivity contribution in [2.24, 2.45) is 0 Å². The van der Waals surface area contributed by atoms with Gasteiger partial charge < -0.3 is 24.8 Å². The zero-order chi connectivity index (χ0) is 23.4. The lowest BCUT2D eigenvalue weighted by molar-refractivity contribution is 0.0342. The van der Waals surface area contributed by atoms with Crippen LogP contribution in [-0.2, 0) is 17.7 Å². The Labute approximate surface area is 192 Å². The number of amides is 1. The van der Waals surface area contributed by atoms with Gasteiger partial charge in [0.2, 0.25) is 0 Å². The van der Waals surface area contributed by atoms with E-state index in [1.54, 1.807) is 6.07 Å². The lowest BCUT2D eigenvalue weighted by Gasteiger charge is -2.26. The lowest BCUT2D eigenvalue weighted by Crippen LogP contribution is -2.35. The molecule has 0 atom stereocenters. The van der Waals surface area contributed by atoms with E-state index in [2.05, 4.69) is 15.4 Å². The maximum absolute atomic E-state index is 12.8.